The lowest BCUT2D eigenvalue weighted by Gasteiger charge is -2.17. The van der Waals surface area contributed by atoms with Crippen LogP contribution in [0.15, 0.2) is 30.9 Å². The lowest BCUT2D eigenvalue weighted by molar-refractivity contribution is 0.159. The highest BCUT2D eigenvalue weighted by Gasteiger charge is 2.11. The van der Waals surface area contributed by atoms with E-state index in [0.717, 1.165) is 12.0 Å². The second-order valence-corrected chi connectivity index (χ2v) is 4.54. The molecule has 1 aromatic rings. The molecule has 2 unspecified atom stereocenters. The van der Waals surface area contributed by atoms with Gasteiger partial charge in [0, 0.05) is 12.6 Å². The molecule has 0 fully saturated rings. The maximum atomic E-state index is 13.6. The summed E-state index contributed by atoms with van der Waals surface area (Å²) in [4.78, 5) is 0. The molecule has 4 heteroatoms. The summed E-state index contributed by atoms with van der Waals surface area (Å²) in [5.41, 5.74) is 0.828. The highest BCUT2D eigenvalue weighted by Crippen LogP contribution is 2.21. The molecule has 0 aliphatic rings. The van der Waals surface area contributed by atoms with E-state index in [0.29, 0.717) is 13.0 Å². The molecule has 0 aliphatic carbocycles. The van der Waals surface area contributed by atoms with Crippen molar-refractivity contribution in [3.8, 4) is 5.75 Å². The number of methoxy groups -OCH3 is 1. The monoisotopic (exact) mass is 267 g/mol. The topological polar surface area (TPSA) is 41.5 Å². The van der Waals surface area contributed by atoms with E-state index in [2.05, 4.69) is 11.9 Å². The molecule has 0 spiro atoms. The van der Waals surface area contributed by atoms with Crippen molar-refractivity contribution in [2.75, 3.05) is 13.7 Å². The molecule has 0 amide bonds. The number of halogens is 1. The third-order valence-electron chi connectivity index (χ3n) is 3.04. The Kier molecular flexibility index (Phi) is 6.53. The summed E-state index contributed by atoms with van der Waals surface area (Å²) in [6.45, 7) is 6.02. The van der Waals surface area contributed by atoms with E-state index in [1.165, 1.54) is 13.2 Å². The van der Waals surface area contributed by atoms with E-state index in [1.807, 2.05) is 13.0 Å². The van der Waals surface area contributed by atoms with Crippen LogP contribution in [0.1, 0.15) is 31.4 Å². The molecule has 0 aliphatic heterocycles. The second kappa shape index (κ2) is 7.92. The number of aliphatic hydroxyl groups excluding tert-OH is 1. The fraction of sp³-hybridized carbons (Fsp3) is 0.467. The predicted octanol–water partition coefficient (Wildman–Crippen LogP) is 2.81. The number of allylic oxidation sites excluding steroid dienone is 1. The number of hydrogen-bond acceptors (Lipinski definition) is 3. The summed E-state index contributed by atoms with van der Waals surface area (Å²) in [6.07, 6.45) is 2.84. The van der Waals surface area contributed by atoms with Gasteiger partial charge in [-0.2, -0.15) is 0 Å². The molecule has 0 bridgehead atoms. The lowest BCUT2D eigenvalue weighted by atomic mass is 10.1. The summed E-state index contributed by atoms with van der Waals surface area (Å²) in [5, 5.41) is 12.9. The Bertz CT molecular complexity index is 409. The second-order valence-electron chi connectivity index (χ2n) is 4.54. The molecule has 2 N–H and O–H groups in total. The first-order valence-electron chi connectivity index (χ1n) is 6.44. The van der Waals surface area contributed by atoms with Gasteiger partial charge in [0.1, 0.15) is 0 Å². The van der Waals surface area contributed by atoms with E-state index in [-0.39, 0.29) is 17.6 Å². The van der Waals surface area contributed by atoms with E-state index >= 15 is 0 Å². The molecule has 0 saturated carbocycles. The van der Waals surface area contributed by atoms with Gasteiger partial charge in [-0.3, -0.25) is 0 Å². The van der Waals surface area contributed by atoms with Crippen LogP contribution >= 0.6 is 0 Å². The first kappa shape index (κ1) is 15.7. The molecule has 0 radical (unpaired) electrons. The summed E-state index contributed by atoms with van der Waals surface area (Å²) < 4.78 is 18.4. The molecule has 0 aromatic heterocycles. The molecule has 0 saturated heterocycles. The van der Waals surface area contributed by atoms with Gasteiger partial charge in [0.25, 0.3) is 0 Å². The Morgan fingerprint density at radius 3 is 2.84 bits per heavy atom. The van der Waals surface area contributed by atoms with Crippen LogP contribution in [0.25, 0.3) is 0 Å². The molecule has 3 nitrogen and oxygen atoms in total. The van der Waals surface area contributed by atoms with Crippen molar-refractivity contribution in [3.63, 3.8) is 0 Å². The zero-order valence-corrected chi connectivity index (χ0v) is 11.5. The van der Waals surface area contributed by atoms with Crippen LogP contribution in [-0.2, 0) is 0 Å². The summed E-state index contributed by atoms with van der Waals surface area (Å²) in [7, 11) is 1.44. The van der Waals surface area contributed by atoms with Crippen LogP contribution in [0.4, 0.5) is 4.39 Å². The highest BCUT2D eigenvalue weighted by atomic mass is 19.1. The normalized spacial score (nSPS) is 13.9. The van der Waals surface area contributed by atoms with Crippen molar-refractivity contribution in [2.45, 2.75) is 31.9 Å². The van der Waals surface area contributed by atoms with Gasteiger partial charge < -0.3 is 15.2 Å². The largest absolute Gasteiger partial charge is 0.494 e. The standard InChI is InChI=1S/C15H22FNO2/c1-4-5-6-13(18)10-17-11(2)12-7-8-15(19-3)14(16)9-12/h4,7-9,11,13,17-18H,1,5-6,10H2,2-3H3. The zero-order valence-electron chi connectivity index (χ0n) is 11.5. The minimum Gasteiger partial charge on any atom is -0.494 e. The van der Waals surface area contributed by atoms with Gasteiger partial charge in [0.2, 0.25) is 0 Å². The number of aliphatic hydroxyl groups is 1. The lowest BCUT2D eigenvalue weighted by Crippen LogP contribution is -2.29. The maximum absolute atomic E-state index is 13.6. The van der Waals surface area contributed by atoms with Crippen molar-refractivity contribution in [1.82, 2.24) is 5.32 Å². The average Bonchev–Trinajstić information content (AvgIpc) is 2.42. The van der Waals surface area contributed by atoms with Gasteiger partial charge in [-0.1, -0.05) is 12.1 Å². The van der Waals surface area contributed by atoms with Crippen LogP contribution in [-0.4, -0.2) is 24.9 Å². The highest BCUT2D eigenvalue weighted by molar-refractivity contribution is 5.30. The van der Waals surface area contributed by atoms with Crippen molar-refractivity contribution in [1.29, 1.82) is 0 Å². The quantitative estimate of drug-likeness (QED) is 0.712. The molecule has 2 atom stereocenters. The van der Waals surface area contributed by atoms with Crippen LogP contribution in [0, 0.1) is 5.82 Å². The Labute approximate surface area is 114 Å². The maximum Gasteiger partial charge on any atom is 0.165 e. The molecule has 1 aromatic carbocycles. The number of hydrogen-bond donors (Lipinski definition) is 2. The van der Waals surface area contributed by atoms with Gasteiger partial charge in [-0.15, -0.1) is 6.58 Å². The molecule has 19 heavy (non-hydrogen) atoms. The van der Waals surface area contributed by atoms with Crippen LogP contribution in [0.5, 0.6) is 5.75 Å². The molecular weight excluding hydrogens is 245 g/mol. The van der Waals surface area contributed by atoms with Crippen molar-refractivity contribution in [2.24, 2.45) is 0 Å². The summed E-state index contributed by atoms with van der Waals surface area (Å²) >= 11 is 0. The SMILES string of the molecule is C=CCCC(O)CNC(C)c1ccc(OC)c(F)c1. The number of rotatable bonds is 8. The van der Waals surface area contributed by atoms with Crippen molar-refractivity contribution >= 4 is 0 Å². The van der Waals surface area contributed by atoms with Gasteiger partial charge >= 0.3 is 0 Å². The number of nitrogens with one attached hydrogen (secondary N) is 1. The van der Waals surface area contributed by atoms with Gasteiger partial charge in [0.15, 0.2) is 11.6 Å². The fourth-order valence-electron chi connectivity index (χ4n) is 1.79. The third-order valence-corrected chi connectivity index (χ3v) is 3.04. The number of benzene rings is 1. The first-order chi connectivity index (χ1) is 9.08. The van der Waals surface area contributed by atoms with E-state index in [9.17, 15) is 9.50 Å². The van der Waals surface area contributed by atoms with Crippen LogP contribution in [0.2, 0.25) is 0 Å². The summed E-state index contributed by atoms with van der Waals surface area (Å²) in [5.74, 6) is -0.136. The molecule has 0 heterocycles. The Morgan fingerprint density at radius 2 is 2.26 bits per heavy atom. The van der Waals surface area contributed by atoms with Crippen molar-refractivity contribution in [3.05, 3.63) is 42.2 Å². The minimum absolute atomic E-state index is 0.0289. The first-order valence-corrected chi connectivity index (χ1v) is 6.44. The summed E-state index contributed by atoms with van der Waals surface area (Å²) in [6, 6.07) is 4.85. The average molecular weight is 267 g/mol. The zero-order chi connectivity index (χ0) is 14.3. The predicted molar refractivity (Wildman–Crippen MR) is 74.8 cm³/mol. The Balaban J connectivity index is 2.51. The number of ether oxygens (including phenoxy) is 1. The Morgan fingerprint density at radius 1 is 1.53 bits per heavy atom. The van der Waals surface area contributed by atoms with Crippen LogP contribution in [0.3, 0.4) is 0 Å². The minimum atomic E-state index is -0.413. The van der Waals surface area contributed by atoms with Crippen molar-refractivity contribution < 1.29 is 14.2 Å². The van der Waals surface area contributed by atoms with Gasteiger partial charge in [-0.25, -0.2) is 4.39 Å². The smallest absolute Gasteiger partial charge is 0.165 e. The fourth-order valence-corrected chi connectivity index (χ4v) is 1.79. The van der Waals surface area contributed by atoms with E-state index in [4.69, 9.17) is 4.74 Å². The van der Waals surface area contributed by atoms with Gasteiger partial charge in [-0.05, 0) is 37.5 Å². The third kappa shape index (κ3) is 5.01. The Hall–Kier alpha value is -1.39. The molecule has 1 rings (SSSR count). The van der Waals surface area contributed by atoms with Gasteiger partial charge in [0.05, 0.1) is 13.2 Å². The van der Waals surface area contributed by atoms with E-state index in [1.54, 1.807) is 12.1 Å². The molecule has 106 valence electrons. The van der Waals surface area contributed by atoms with Crippen LogP contribution < -0.4 is 10.1 Å². The molecular formula is C15H22FNO2. The van der Waals surface area contributed by atoms with E-state index < -0.39 is 6.10 Å².